The molecule has 0 amide bonds. The van der Waals surface area contributed by atoms with Gasteiger partial charge in [0.25, 0.3) is 0 Å². The van der Waals surface area contributed by atoms with Gasteiger partial charge in [-0.05, 0) is 47.5 Å². The van der Waals surface area contributed by atoms with Crippen molar-refractivity contribution in [3.63, 3.8) is 0 Å². The molecule has 0 aliphatic heterocycles. The van der Waals surface area contributed by atoms with Crippen LogP contribution < -0.4 is 9.47 Å². The number of carbonyl (C=O) groups excluding carboxylic acids is 2. The summed E-state index contributed by atoms with van der Waals surface area (Å²) in [4.78, 5) is 23.9. The molecule has 0 unspecified atom stereocenters. The van der Waals surface area contributed by atoms with E-state index in [-0.39, 0.29) is 29.5 Å². The average Bonchev–Trinajstić information content (AvgIpc) is 2.84. The number of hydrogen-bond acceptors (Lipinski definition) is 6. The summed E-state index contributed by atoms with van der Waals surface area (Å²) < 4.78 is 10.00. The third-order valence-corrected chi connectivity index (χ3v) is 4.35. The normalized spacial score (nSPS) is 10.5. The maximum absolute atomic E-state index is 11.9. The molecule has 0 heterocycles. The Morgan fingerprint density at radius 1 is 0.697 bits per heavy atom. The van der Waals surface area contributed by atoms with Gasteiger partial charge in [0.2, 0.25) is 0 Å². The minimum absolute atomic E-state index is 0.00662. The van der Waals surface area contributed by atoms with E-state index in [1.165, 1.54) is 38.5 Å². The quantitative estimate of drug-likeness (QED) is 0.371. The molecule has 0 spiro atoms. The van der Waals surface area contributed by atoms with Crippen LogP contribution in [0.25, 0.3) is 12.2 Å². The summed E-state index contributed by atoms with van der Waals surface area (Å²) in [5, 5.41) is 19.1. The zero-order chi connectivity index (χ0) is 24.1. The van der Waals surface area contributed by atoms with E-state index >= 15 is 0 Å². The highest BCUT2D eigenvalue weighted by Gasteiger charge is 2.06. The second-order valence-electron chi connectivity index (χ2n) is 6.79. The van der Waals surface area contributed by atoms with Crippen molar-refractivity contribution in [3.8, 4) is 23.0 Å². The number of methoxy groups -OCH3 is 2. The van der Waals surface area contributed by atoms with Gasteiger partial charge >= 0.3 is 0 Å². The molecule has 3 rings (SSSR count). The number of aromatic hydroxyl groups is 2. The van der Waals surface area contributed by atoms with E-state index in [0.29, 0.717) is 22.6 Å². The third-order valence-electron chi connectivity index (χ3n) is 4.35. The summed E-state index contributed by atoms with van der Waals surface area (Å²) in [6.07, 6.45) is 5.44. The first-order chi connectivity index (χ1) is 15.9. The highest BCUT2D eigenvalue weighted by molar-refractivity contribution is 6.10. The van der Waals surface area contributed by atoms with E-state index in [1.54, 1.807) is 36.4 Å². The average molecular weight is 446 g/mol. The number of benzene rings is 3. The number of allylic oxidation sites excluding steroid dienone is 2. The number of ketones is 2. The number of rotatable bonds is 8. The minimum Gasteiger partial charge on any atom is -0.504 e. The molecule has 0 radical (unpaired) electrons. The molecule has 0 atom stereocenters. The van der Waals surface area contributed by atoms with Gasteiger partial charge in [-0.2, -0.15) is 0 Å². The van der Waals surface area contributed by atoms with Gasteiger partial charge in [0.1, 0.15) is 0 Å². The Morgan fingerprint density at radius 3 is 1.39 bits per heavy atom. The van der Waals surface area contributed by atoms with Crippen LogP contribution in [0.4, 0.5) is 0 Å². The molecule has 6 nitrogen and oxygen atoms in total. The second-order valence-corrected chi connectivity index (χ2v) is 6.79. The van der Waals surface area contributed by atoms with Gasteiger partial charge in [0, 0.05) is 0 Å². The van der Waals surface area contributed by atoms with Crippen LogP contribution in [0.1, 0.15) is 17.5 Å². The van der Waals surface area contributed by atoms with Gasteiger partial charge in [-0.3, -0.25) is 9.59 Å². The number of hydrogen-bond donors (Lipinski definition) is 2. The van der Waals surface area contributed by atoms with E-state index in [1.807, 2.05) is 36.4 Å². The van der Waals surface area contributed by atoms with E-state index < -0.39 is 0 Å². The molecule has 33 heavy (non-hydrogen) atoms. The van der Waals surface area contributed by atoms with Crippen LogP contribution in [-0.2, 0) is 9.59 Å². The first kappa shape index (κ1) is 24.9. The van der Waals surface area contributed by atoms with Gasteiger partial charge in [-0.1, -0.05) is 60.7 Å². The zero-order valence-corrected chi connectivity index (χ0v) is 18.5. The van der Waals surface area contributed by atoms with Gasteiger partial charge in [0.05, 0.1) is 20.6 Å². The monoisotopic (exact) mass is 446 g/mol. The van der Waals surface area contributed by atoms with E-state index in [9.17, 15) is 19.8 Å². The molecular weight excluding hydrogens is 420 g/mol. The molecule has 3 aromatic carbocycles. The highest BCUT2D eigenvalue weighted by Crippen LogP contribution is 2.27. The Hall–Kier alpha value is -4.32. The molecule has 0 saturated heterocycles. The number of ether oxygens (including phenoxy) is 2. The van der Waals surface area contributed by atoms with Crippen molar-refractivity contribution in [2.45, 2.75) is 6.42 Å². The molecule has 0 saturated carbocycles. The summed E-state index contributed by atoms with van der Waals surface area (Å²) in [6, 6.07) is 21.3. The molecule has 0 bridgehead atoms. The number of phenols is 2. The molecule has 0 aliphatic carbocycles. The maximum Gasteiger partial charge on any atom is 0.163 e. The fourth-order valence-corrected chi connectivity index (χ4v) is 2.65. The Balaban J connectivity index is 0.000000554. The Bertz CT molecular complexity index is 1020. The molecule has 0 aliphatic rings. The van der Waals surface area contributed by atoms with Crippen molar-refractivity contribution in [3.05, 3.63) is 96.1 Å². The van der Waals surface area contributed by atoms with Crippen molar-refractivity contribution in [2.24, 2.45) is 0 Å². The van der Waals surface area contributed by atoms with Crippen LogP contribution in [0.2, 0.25) is 0 Å². The number of phenolic OH excluding ortho intramolecular Hbond substituents is 2. The summed E-state index contributed by atoms with van der Waals surface area (Å²) in [5.41, 5.74) is 1.33. The summed E-state index contributed by atoms with van der Waals surface area (Å²) in [5.74, 6) is -0.0832. The van der Waals surface area contributed by atoms with Crippen LogP contribution in [-0.4, -0.2) is 36.0 Å². The van der Waals surface area contributed by atoms with Crippen LogP contribution in [0.5, 0.6) is 23.0 Å². The van der Waals surface area contributed by atoms with Gasteiger partial charge in [-0.15, -0.1) is 0 Å². The second kappa shape index (κ2) is 13.2. The summed E-state index contributed by atoms with van der Waals surface area (Å²) in [6.45, 7) is 0. The molecule has 170 valence electrons. The van der Waals surface area contributed by atoms with Crippen LogP contribution in [0.15, 0.2) is 84.9 Å². The molecular formula is C27H26O6. The molecule has 2 N–H and O–H groups in total. The standard InChI is InChI=1S/C21H20O6.C6H6/c1-26-20-11-14(5-9-18(20)24)3-7-16(22)13-17(23)8-4-15-6-10-19(25)21(12-15)27-2;1-2-4-6-5-3-1/h3-12,24-25H,13H2,1-2H3;1-6H/b7-3+,8-4+;. The van der Waals surface area contributed by atoms with Crippen LogP contribution in [0.3, 0.4) is 0 Å². The number of carbonyl (C=O) groups is 2. The molecule has 6 heteroatoms. The topological polar surface area (TPSA) is 93.1 Å². The van der Waals surface area contributed by atoms with E-state index in [0.717, 1.165) is 0 Å². The maximum atomic E-state index is 11.9. The lowest BCUT2D eigenvalue weighted by atomic mass is 10.1. The van der Waals surface area contributed by atoms with Crippen molar-refractivity contribution < 1.29 is 29.3 Å². The fourth-order valence-electron chi connectivity index (χ4n) is 2.65. The summed E-state index contributed by atoms with van der Waals surface area (Å²) >= 11 is 0. The Morgan fingerprint density at radius 2 is 1.06 bits per heavy atom. The minimum atomic E-state index is -0.347. The predicted molar refractivity (Wildman–Crippen MR) is 128 cm³/mol. The van der Waals surface area contributed by atoms with E-state index in [2.05, 4.69) is 0 Å². The van der Waals surface area contributed by atoms with Gasteiger partial charge in [-0.25, -0.2) is 0 Å². The van der Waals surface area contributed by atoms with Gasteiger partial charge < -0.3 is 19.7 Å². The molecule has 0 fully saturated rings. The lowest BCUT2D eigenvalue weighted by molar-refractivity contribution is -0.121. The first-order valence-corrected chi connectivity index (χ1v) is 10.1. The lowest BCUT2D eigenvalue weighted by Gasteiger charge is -2.03. The van der Waals surface area contributed by atoms with Crippen LogP contribution >= 0.6 is 0 Å². The van der Waals surface area contributed by atoms with Crippen molar-refractivity contribution >= 4 is 23.7 Å². The first-order valence-electron chi connectivity index (χ1n) is 10.1. The Labute approximate surface area is 193 Å². The largest absolute Gasteiger partial charge is 0.504 e. The van der Waals surface area contributed by atoms with E-state index in [4.69, 9.17) is 9.47 Å². The van der Waals surface area contributed by atoms with Crippen molar-refractivity contribution in [1.82, 2.24) is 0 Å². The smallest absolute Gasteiger partial charge is 0.163 e. The Kier molecular flexibility index (Phi) is 9.95. The lowest BCUT2D eigenvalue weighted by Crippen LogP contribution is -2.01. The zero-order valence-electron chi connectivity index (χ0n) is 18.5. The third kappa shape index (κ3) is 8.75. The highest BCUT2D eigenvalue weighted by atomic mass is 16.5. The van der Waals surface area contributed by atoms with Crippen LogP contribution in [0, 0.1) is 0 Å². The molecule has 0 aromatic heterocycles. The summed E-state index contributed by atoms with van der Waals surface area (Å²) in [7, 11) is 2.87. The predicted octanol–water partition coefficient (Wildman–Crippen LogP) is 5.06. The van der Waals surface area contributed by atoms with Gasteiger partial charge in [0.15, 0.2) is 34.6 Å². The fraction of sp³-hybridized carbons (Fsp3) is 0.111. The molecule has 3 aromatic rings. The van der Waals surface area contributed by atoms with Crippen molar-refractivity contribution in [1.29, 1.82) is 0 Å². The van der Waals surface area contributed by atoms with Crippen molar-refractivity contribution in [2.75, 3.05) is 14.2 Å². The SMILES string of the molecule is COc1cc(/C=C/C(=O)CC(=O)/C=C/c2ccc(O)c(OC)c2)ccc1O.c1ccccc1.